The number of halogens is 3. The second-order valence-corrected chi connectivity index (χ2v) is 19.4. The minimum absolute atomic E-state index is 0.392. The summed E-state index contributed by atoms with van der Waals surface area (Å²) in [5.74, 6) is 0. The Morgan fingerprint density at radius 1 is 1.45 bits per heavy atom. The van der Waals surface area contributed by atoms with E-state index in [0.29, 0.717) is 4.75 Å². The molecule has 0 aromatic carbocycles. The third-order valence-electron chi connectivity index (χ3n) is 2.10. The van der Waals surface area contributed by atoms with Gasteiger partial charge in [-0.15, -0.1) is 0 Å². The Bertz CT molecular complexity index is 171. The third-order valence-corrected chi connectivity index (χ3v) is 9.95. The van der Waals surface area contributed by atoms with Gasteiger partial charge in [0.15, 0.2) is 0 Å². The van der Waals surface area contributed by atoms with Crippen molar-refractivity contribution in [2.45, 2.75) is 30.9 Å². The van der Waals surface area contributed by atoms with E-state index in [0.717, 1.165) is 19.3 Å². The molecule has 0 spiro atoms. The van der Waals surface area contributed by atoms with Gasteiger partial charge in [0.25, 0.3) is 0 Å². The van der Waals surface area contributed by atoms with E-state index in [9.17, 15) is 0 Å². The molecular weight excluding hydrogens is 263 g/mol. The third kappa shape index (κ3) is 3.18. The van der Waals surface area contributed by atoms with Gasteiger partial charge in [0.2, 0.25) is 0 Å². The summed E-state index contributed by atoms with van der Waals surface area (Å²) < 4.78 is 0.392. The Kier molecular flexibility index (Phi) is 3.64. The Hall–Kier alpha value is 1.15. The molecule has 0 nitrogen and oxygen atoms in total. The fourth-order valence-corrected chi connectivity index (χ4v) is 6.15. The van der Waals surface area contributed by atoms with E-state index in [1.165, 1.54) is 5.57 Å². The summed E-state index contributed by atoms with van der Waals surface area (Å²) in [6.07, 6.45) is 5.40. The number of hydrogen-bond donors (Lipinski definition) is 0. The average Bonchev–Trinajstić information content (AvgIpc) is 1.86. The van der Waals surface area contributed by atoms with Crippen molar-refractivity contribution in [1.29, 1.82) is 0 Å². The summed E-state index contributed by atoms with van der Waals surface area (Å²) in [4.78, 5) is 0. The van der Waals surface area contributed by atoms with Crippen LogP contribution in [0.4, 0.5) is 0 Å². The van der Waals surface area contributed by atoms with Crippen molar-refractivity contribution in [3.8, 4) is 0 Å². The predicted octanol–water partition coefficient (Wildman–Crippen LogP) is 4.14. The van der Waals surface area contributed by atoms with Crippen LogP contribution in [-0.2, 0) is 0 Å². The Morgan fingerprint density at radius 2 is 2.09 bits per heavy atom. The second-order valence-electron chi connectivity index (χ2n) is 3.06. The molecule has 0 aromatic rings. The van der Waals surface area contributed by atoms with Crippen molar-refractivity contribution in [3.63, 3.8) is 0 Å². The van der Waals surface area contributed by atoms with Gasteiger partial charge < -0.3 is 0 Å². The molecular formula is C7H11Cl3Ge. The van der Waals surface area contributed by atoms with Gasteiger partial charge in [-0.1, -0.05) is 0 Å². The van der Waals surface area contributed by atoms with Crippen molar-refractivity contribution in [2.75, 3.05) is 0 Å². The van der Waals surface area contributed by atoms with Gasteiger partial charge in [0, 0.05) is 0 Å². The molecule has 0 N–H and O–H groups in total. The molecule has 0 aromatic heterocycles. The van der Waals surface area contributed by atoms with E-state index in [-0.39, 0.29) is 0 Å². The van der Waals surface area contributed by atoms with Crippen LogP contribution in [0.25, 0.3) is 0 Å². The second kappa shape index (κ2) is 3.91. The van der Waals surface area contributed by atoms with Crippen molar-refractivity contribution < 1.29 is 0 Å². The van der Waals surface area contributed by atoms with E-state index in [2.05, 4.69) is 13.0 Å². The molecule has 1 atom stereocenters. The van der Waals surface area contributed by atoms with Crippen LogP contribution < -0.4 is 0 Å². The SMILES string of the molecule is CC1=CC[CH]([Ge]([Cl])([Cl])[Cl])CC1. The van der Waals surface area contributed by atoms with Crippen LogP contribution in [-0.4, -0.2) is 10.5 Å². The fraction of sp³-hybridized carbons (Fsp3) is 0.714. The van der Waals surface area contributed by atoms with Crippen LogP contribution in [0.2, 0.25) is 4.75 Å². The van der Waals surface area contributed by atoms with Crippen LogP contribution in [0.5, 0.6) is 0 Å². The average molecular weight is 274 g/mol. The molecule has 0 saturated heterocycles. The van der Waals surface area contributed by atoms with Crippen LogP contribution >= 0.6 is 30.0 Å². The summed E-state index contributed by atoms with van der Waals surface area (Å²) in [6, 6.07) is 0. The van der Waals surface area contributed by atoms with Gasteiger partial charge in [-0.2, -0.15) is 0 Å². The molecule has 0 fully saturated rings. The summed E-state index contributed by atoms with van der Waals surface area (Å²) in [7, 11) is 15.0. The van der Waals surface area contributed by atoms with Gasteiger partial charge >= 0.3 is 83.1 Å². The first-order valence-electron chi connectivity index (χ1n) is 3.72. The fourth-order valence-electron chi connectivity index (χ4n) is 1.26. The first kappa shape index (κ1) is 10.2. The van der Waals surface area contributed by atoms with E-state index in [1.807, 2.05) is 0 Å². The first-order valence-corrected chi connectivity index (χ1v) is 13.2. The van der Waals surface area contributed by atoms with E-state index >= 15 is 0 Å². The Balaban J connectivity index is 2.54. The van der Waals surface area contributed by atoms with E-state index in [1.54, 1.807) is 0 Å². The molecule has 64 valence electrons. The molecule has 1 rings (SSSR count). The molecule has 0 aliphatic heterocycles. The van der Waals surface area contributed by atoms with Crippen LogP contribution in [0.3, 0.4) is 0 Å². The molecule has 1 aliphatic rings. The van der Waals surface area contributed by atoms with E-state index in [4.69, 9.17) is 30.0 Å². The van der Waals surface area contributed by atoms with Gasteiger partial charge in [0.05, 0.1) is 0 Å². The van der Waals surface area contributed by atoms with Crippen LogP contribution in [0.15, 0.2) is 11.6 Å². The van der Waals surface area contributed by atoms with Gasteiger partial charge in [-0.3, -0.25) is 0 Å². The molecule has 1 unspecified atom stereocenters. The minimum atomic E-state index is -2.88. The molecule has 4 heteroatoms. The summed E-state index contributed by atoms with van der Waals surface area (Å²) >= 11 is 0. The quantitative estimate of drug-likeness (QED) is 0.498. The molecule has 0 bridgehead atoms. The normalized spacial score (nSPS) is 26.5. The molecule has 0 amide bonds. The zero-order chi connectivity index (χ0) is 8.48. The molecule has 1 aliphatic carbocycles. The molecule has 0 heterocycles. The number of hydrogen-bond acceptors (Lipinski definition) is 0. The molecule has 0 saturated carbocycles. The monoisotopic (exact) mass is 274 g/mol. The maximum atomic E-state index is 5.95. The Labute approximate surface area is 82.8 Å². The standard InChI is InChI=1S/C7H11Cl3Ge/c1-6-2-4-7(5-3-6)11(8,9)10/h2,7H,3-5H2,1H3. The van der Waals surface area contributed by atoms with Crippen molar-refractivity contribution in [2.24, 2.45) is 0 Å². The van der Waals surface area contributed by atoms with Crippen LogP contribution in [0.1, 0.15) is 26.2 Å². The maximum absolute atomic E-state index is 5.95. The zero-order valence-corrected chi connectivity index (χ0v) is 10.8. The van der Waals surface area contributed by atoms with Crippen LogP contribution in [0, 0.1) is 0 Å². The summed E-state index contributed by atoms with van der Waals surface area (Å²) in [6.45, 7) is 2.14. The topological polar surface area (TPSA) is 0 Å². The van der Waals surface area contributed by atoms with Gasteiger partial charge in [-0.25, -0.2) is 0 Å². The molecule has 11 heavy (non-hydrogen) atoms. The van der Waals surface area contributed by atoms with Gasteiger partial charge in [0.1, 0.15) is 0 Å². The van der Waals surface area contributed by atoms with Crippen molar-refractivity contribution >= 4 is 40.5 Å². The molecule has 0 radical (unpaired) electrons. The van der Waals surface area contributed by atoms with E-state index < -0.39 is 10.5 Å². The van der Waals surface area contributed by atoms with Gasteiger partial charge in [-0.05, 0) is 0 Å². The predicted molar refractivity (Wildman–Crippen MR) is 54.7 cm³/mol. The van der Waals surface area contributed by atoms with Crippen molar-refractivity contribution in [3.05, 3.63) is 11.6 Å². The number of rotatable bonds is 1. The van der Waals surface area contributed by atoms with Crippen molar-refractivity contribution in [1.82, 2.24) is 0 Å². The zero-order valence-electron chi connectivity index (χ0n) is 6.41. The number of allylic oxidation sites excluding steroid dienone is 2. The summed E-state index contributed by atoms with van der Waals surface area (Å²) in [5, 5.41) is 0. The first-order chi connectivity index (χ1) is 5.00. The Morgan fingerprint density at radius 3 is 2.45 bits per heavy atom. The summed E-state index contributed by atoms with van der Waals surface area (Å²) in [5.41, 5.74) is 1.44.